The Labute approximate surface area is 93.2 Å². The molecule has 0 aromatic heterocycles. The van der Waals surface area contributed by atoms with E-state index < -0.39 is 42.3 Å². The summed E-state index contributed by atoms with van der Waals surface area (Å²) in [5, 5.41) is 17.4. The van der Waals surface area contributed by atoms with E-state index in [1.807, 2.05) is 0 Å². The van der Waals surface area contributed by atoms with Crippen molar-refractivity contribution in [2.24, 2.45) is 5.41 Å². The molecule has 0 aromatic carbocycles. The lowest BCUT2D eigenvalue weighted by Gasteiger charge is -2.21. The predicted molar refractivity (Wildman–Crippen MR) is 53.5 cm³/mol. The molecule has 0 amide bonds. The molecule has 0 rings (SSSR count). The summed E-state index contributed by atoms with van der Waals surface area (Å²) in [6.45, 7) is 2.39. The molecule has 92 valence electrons. The topological polar surface area (TPSA) is 101 Å². The second kappa shape index (κ2) is 5.72. The number of aliphatic hydroxyl groups is 2. The van der Waals surface area contributed by atoms with Gasteiger partial charge in [-0.1, -0.05) is 0 Å². The van der Waals surface area contributed by atoms with Gasteiger partial charge >= 0.3 is 5.97 Å². The fourth-order valence-electron chi connectivity index (χ4n) is 0.904. The molecule has 0 fully saturated rings. The number of hydrogen-bond acceptors (Lipinski definition) is 6. The molecule has 0 aliphatic carbocycles. The van der Waals surface area contributed by atoms with E-state index in [1.54, 1.807) is 0 Å². The van der Waals surface area contributed by atoms with Gasteiger partial charge in [-0.3, -0.25) is 14.4 Å². The van der Waals surface area contributed by atoms with Gasteiger partial charge < -0.3 is 14.9 Å². The van der Waals surface area contributed by atoms with E-state index >= 15 is 0 Å². The maximum atomic E-state index is 11.5. The number of esters is 1. The van der Waals surface area contributed by atoms with Crippen LogP contribution in [0.15, 0.2) is 0 Å². The summed E-state index contributed by atoms with van der Waals surface area (Å²) in [7, 11) is 0. The molecule has 0 aliphatic heterocycles. The molecular weight excluding hydrogens is 216 g/mol. The first-order valence-electron chi connectivity index (χ1n) is 4.75. The number of hydrogen-bond donors (Lipinski definition) is 2. The van der Waals surface area contributed by atoms with E-state index in [4.69, 9.17) is 10.2 Å². The van der Waals surface area contributed by atoms with Crippen molar-refractivity contribution in [2.75, 3.05) is 13.2 Å². The van der Waals surface area contributed by atoms with Crippen molar-refractivity contribution in [3.8, 4) is 0 Å². The van der Waals surface area contributed by atoms with E-state index in [0.29, 0.717) is 0 Å². The molecule has 0 aliphatic rings. The van der Waals surface area contributed by atoms with Crippen LogP contribution in [0.3, 0.4) is 0 Å². The second-order valence-corrected chi connectivity index (χ2v) is 3.67. The largest absolute Gasteiger partial charge is 0.462 e. The van der Waals surface area contributed by atoms with Gasteiger partial charge in [0, 0.05) is 0 Å². The number of carbonyl (C=O) groups excluding carboxylic acids is 3. The van der Waals surface area contributed by atoms with Crippen molar-refractivity contribution in [2.45, 2.75) is 26.9 Å². The van der Waals surface area contributed by atoms with Gasteiger partial charge in [-0.15, -0.1) is 0 Å². The summed E-state index contributed by atoms with van der Waals surface area (Å²) in [4.78, 5) is 34.0. The lowest BCUT2D eigenvalue weighted by atomic mass is 9.82. The zero-order valence-electron chi connectivity index (χ0n) is 9.52. The van der Waals surface area contributed by atoms with Crippen LogP contribution in [0.5, 0.6) is 0 Å². The van der Waals surface area contributed by atoms with Crippen LogP contribution in [0.2, 0.25) is 0 Å². The van der Waals surface area contributed by atoms with Gasteiger partial charge in [0.25, 0.3) is 0 Å². The molecule has 0 radical (unpaired) electrons. The predicted octanol–water partition coefficient (Wildman–Crippen LogP) is -0.933. The first kappa shape index (κ1) is 14.7. The molecule has 6 heteroatoms. The molecule has 0 heterocycles. The summed E-state index contributed by atoms with van der Waals surface area (Å²) in [5.74, 6) is -2.26. The third kappa shape index (κ3) is 3.11. The second-order valence-electron chi connectivity index (χ2n) is 3.67. The molecule has 1 unspecified atom stereocenters. The standard InChI is InChI=1S/C10H16O6/c1-6(12)10(3,7(2)13)9(15)16-5-8(14)4-11/h8,11,14H,4-5H2,1-3H3. The minimum atomic E-state index is -1.84. The van der Waals surface area contributed by atoms with E-state index in [9.17, 15) is 14.4 Å². The molecule has 0 spiro atoms. The van der Waals surface area contributed by atoms with E-state index in [2.05, 4.69) is 4.74 Å². The van der Waals surface area contributed by atoms with E-state index in [-0.39, 0.29) is 0 Å². The molecule has 0 aromatic rings. The summed E-state index contributed by atoms with van der Waals surface area (Å²) < 4.78 is 4.59. The van der Waals surface area contributed by atoms with Crippen LogP contribution in [0.1, 0.15) is 20.8 Å². The van der Waals surface area contributed by atoms with Gasteiger partial charge in [-0.25, -0.2) is 0 Å². The minimum Gasteiger partial charge on any atom is -0.462 e. The van der Waals surface area contributed by atoms with Gasteiger partial charge in [-0.05, 0) is 20.8 Å². The number of carbonyl (C=O) groups is 3. The van der Waals surface area contributed by atoms with Crippen LogP contribution in [-0.2, 0) is 19.1 Å². The third-order valence-electron chi connectivity index (χ3n) is 2.43. The SMILES string of the molecule is CC(=O)C(C)(C(C)=O)C(=O)OCC(O)CO. The van der Waals surface area contributed by atoms with Crippen molar-refractivity contribution in [3.05, 3.63) is 0 Å². The van der Waals surface area contributed by atoms with Gasteiger partial charge in [0.1, 0.15) is 12.7 Å². The first-order valence-corrected chi connectivity index (χ1v) is 4.75. The van der Waals surface area contributed by atoms with Gasteiger partial charge in [0.2, 0.25) is 0 Å². The maximum Gasteiger partial charge on any atom is 0.327 e. The Morgan fingerprint density at radius 1 is 1.25 bits per heavy atom. The third-order valence-corrected chi connectivity index (χ3v) is 2.43. The Kier molecular flexibility index (Phi) is 5.26. The fourth-order valence-corrected chi connectivity index (χ4v) is 0.904. The zero-order valence-corrected chi connectivity index (χ0v) is 9.52. The van der Waals surface area contributed by atoms with Crippen LogP contribution in [-0.4, -0.2) is 47.1 Å². The highest BCUT2D eigenvalue weighted by Crippen LogP contribution is 2.21. The smallest absolute Gasteiger partial charge is 0.327 e. The van der Waals surface area contributed by atoms with Crippen LogP contribution in [0, 0.1) is 5.41 Å². The molecule has 0 saturated carbocycles. The van der Waals surface area contributed by atoms with Crippen LogP contribution >= 0.6 is 0 Å². The van der Waals surface area contributed by atoms with E-state index in [0.717, 1.165) is 13.8 Å². The summed E-state index contributed by atoms with van der Waals surface area (Å²) in [6.07, 6.45) is -1.22. The lowest BCUT2D eigenvalue weighted by molar-refractivity contribution is -0.164. The monoisotopic (exact) mass is 232 g/mol. The molecule has 6 nitrogen and oxygen atoms in total. The minimum absolute atomic E-state index is 0.453. The first-order chi connectivity index (χ1) is 7.26. The molecule has 16 heavy (non-hydrogen) atoms. The zero-order chi connectivity index (χ0) is 12.9. The van der Waals surface area contributed by atoms with Crippen molar-refractivity contribution in [1.82, 2.24) is 0 Å². The molecule has 1 atom stereocenters. The number of rotatable bonds is 6. The van der Waals surface area contributed by atoms with Crippen LogP contribution in [0.4, 0.5) is 0 Å². The quantitative estimate of drug-likeness (QED) is 0.453. The highest BCUT2D eigenvalue weighted by molar-refractivity contribution is 6.20. The lowest BCUT2D eigenvalue weighted by Crippen LogP contribution is -2.43. The van der Waals surface area contributed by atoms with Crippen LogP contribution in [0.25, 0.3) is 0 Å². The number of aliphatic hydroxyl groups excluding tert-OH is 2. The highest BCUT2D eigenvalue weighted by atomic mass is 16.5. The van der Waals surface area contributed by atoms with Crippen molar-refractivity contribution < 1.29 is 29.3 Å². The molecular formula is C10H16O6. The Morgan fingerprint density at radius 3 is 2.00 bits per heavy atom. The van der Waals surface area contributed by atoms with Crippen molar-refractivity contribution >= 4 is 17.5 Å². The normalized spacial score (nSPS) is 13.1. The molecule has 0 bridgehead atoms. The average Bonchev–Trinajstić information content (AvgIpc) is 2.23. The summed E-state index contributed by atoms with van der Waals surface area (Å²) in [5.41, 5.74) is -1.84. The van der Waals surface area contributed by atoms with Crippen LogP contribution < -0.4 is 0 Å². The van der Waals surface area contributed by atoms with Crippen molar-refractivity contribution in [3.63, 3.8) is 0 Å². The summed E-state index contributed by atoms with van der Waals surface area (Å²) in [6, 6.07) is 0. The number of Topliss-reactive ketones (excluding diaryl/α,β-unsaturated/α-hetero) is 2. The fraction of sp³-hybridized carbons (Fsp3) is 0.700. The Hall–Kier alpha value is -1.27. The summed E-state index contributed by atoms with van der Waals surface area (Å²) >= 11 is 0. The van der Waals surface area contributed by atoms with E-state index in [1.165, 1.54) is 6.92 Å². The Balaban J connectivity index is 4.66. The van der Waals surface area contributed by atoms with Gasteiger partial charge in [0.15, 0.2) is 17.0 Å². The van der Waals surface area contributed by atoms with Gasteiger partial charge in [0.05, 0.1) is 6.61 Å². The number of ether oxygens (including phenoxy) is 1. The molecule has 0 saturated heterocycles. The van der Waals surface area contributed by atoms with Crippen molar-refractivity contribution in [1.29, 1.82) is 0 Å². The maximum absolute atomic E-state index is 11.5. The average molecular weight is 232 g/mol. The number of ketones is 2. The Bertz CT molecular complexity index is 282. The van der Waals surface area contributed by atoms with Gasteiger partial charge in [-0.2, -0.15) is 0 Å². The highest BCUT2D eigenvalue weighted by Gasteiger charge is 2.44. The molecule has 2 N–H and O–H groups in total. The Morgan fingerprint density at radius 2 is 1.69 bits per heavy atom.